The largest absolute Gasteiger partial charge is 0.325 e. The van der Waals surface area contributed by atoms with E-state index in [1.165, 1.54) is 0 Å². The van der Waals surface area contributed by atoms with Crippen molar-refractivity contribution in [3.8, 4) is 0 Å². The van der Waals surface area contributed by atoms with E-state index in [0.29, 0.717) is 0 Å². The minimum atomic E-state index is -0.354. The van der Waals surface area contributed by atoms with Crippen LogP contribution in [0, 0.1) is 0 Å². The van der Waals surface area contributed by atoms with Gasteiger partial charge in [0.15, 0.2) is 0 Å². The number of halogens is 1. The Bertz CT molecular complexity index is 609. The van der Waals surface area contributed by atoms with Crippen molar-refractivity contribution < 1.29 is 4.79 Å². The summed E-state index contributed by atoms with van der Waals surface area (Å²) in [7, 11) is 0. The second kappa shape index (κ2) is 4.78. The first-order valence-corrected chi connectivity index (χ1v) is 6.97. The molecule has 1 aromatic heterocycles. The first-order valence-electron chi connectivity index (χ1n) is 6.18. The molecule has 0 spiro atoms. The molecule has 3 nitrogen and oxygen atoms in total. The number of rotatable bonds is 3. The van der Waals surface area contributed by atoms with Crippen molar-refractivity contribution in [2.24, 2.45) is 0 Å². The highest BCUT2D eigenvalue weighted by Gasteiger charge is 2.51. The molecule has 0 aliphatic heterocycles. The topological polar surface area (TPSA) is 42.0 Å². The average Bonchev–Trinajstić information content (AvgIpc) is 3.21. The molecule has 1 aliphatic carbocycles. The molecule has 3 rings (SSSR count). The van der Waals surface area contributed by atoms with Crippen molar-refractivity contribution in [2.75, 3.05) is 5.32 Å². The molecule has 1 amide bonds. The summed E-state index contributed by atoms with van der Waals surface area (Å²) in [5.74, 6) is 0.0665. The molecule has 1 fully saturated rings. The fourth-order valence-electron chi connectivity index (χ4n) is 2.24. The minimum Gasteiger partial charge on any atom is -0.325 e. The van der Waals surface area contributed by atoms with Crippen LogP contribution < -0.4 is 5.32 Å². The molecule has 0 bridgehead atoms. The third kappa shape index (κ3) is 2.40. The predicted molar refractivity (Wildman–Crippen MR) is 77.9 cm³/mol. The van der Waals surface area contributed by atoms with Gasteiger partial charge in [0.2, 0.25) is 5.91 Å². The molecule has 0 radical (unpaired) electrons. The van der Waals surface area contributed by atoms with Crippen LogP contribution in [0.25, 0.3) is 0 Å². The summed E-state index contributed by atoms with van der Waals surface area (Å²) in [5.41, 5.74) is 1.52. The first kappa shape index (κ1) is 12.4. The molecule has 2 aromatic rings. The summed E-state index contributed by atoms with van der Waals surface area (Å²) >= 11 is 3.46. The Balaban J connectivity index is 1.83. The summed E-state index contributed by atoms with van der Waals surface area (Å²) in [6.45, 7) is 0. The fraction of sp³-hybridized carbons (Fsp3) is 0.200. The second-order valence-corrected chi connectivity index (χ2v) is 5.70. The van der Waals surface area contributed by atoms with Gasteiger partial charge in [0, 0.05) is 22.6 Å². The third-order valence-electron chi connectivity index (χ3n) is 3.50. The zero-order chi connectivity index (χ0) is 13.3. The van der Waals surface area contributed by atoms with Crippen molar-refractivity contribution in [2.45, 2.75) is 18.3 Å². The van der Waals surface area contributed by atoms with E-state index >= 15 is 0 Å². The van der Waals surface area contributed by atoms with E-state index < -0.39 is 0 Å². The molecule has 96 valence electrons. The SMILES string of the molecule is O=C(Nc1ccncc1)C1(c2cccc(Br)c2)CC1. The van der Waals surface area contributed by atoms with E-state index in [1.807, 2.05) is 24.3 Å². The molecule has 0 saturated heterocycles. The van der Waals surface area contributed by atoms with Gasteiger partial charge >= 0.3 is 0 Å². The summed E-state index contributed by atoms with van der Waals surface area (Å²) in [6, 6.07) is 11.6. The highest BCUT2D eigenvalue weighted by atomic mass is 79.9. The summed E-state index contributed by atoms with van der Waals surface area (Å²) in [5, 5.41) is 2.97. The lowest BCUT2D eigenvalue weighted by atomic mass is 9.95. The average molecular weight is 317 g/mol. The number of carbonyl (C=O) groups excluding carboxylic acids is 1. The smallest absolute Gasteiger partial charge is 0.235 e. The van der Waals surface area contributed by atoms with Gasteiger partial charge in [0.1, 0.15) is 0 Å². The van der Waals surface area contributed by atoms with Crippen LogP contribution in [0.4, 0.5) is 5.69 Å². The van der Waals surface area contributed by atoms with Gasteiger partial charge in [0.05, 0.1) is 5.41 Å². The number of aromatic nitrogens is 1. The van der Waals surface area contributed by atoms with E-state index in [4.69, 9.17) is 0 Å². The molecule has 1 saturated carbocycles. The third-order valence-corrected chi connectivity index (χ3v) is 3.99. The quantitative estimate of drug-likeness (QED) is 0.941. The van der Waals surface area contributed by atoms with Crippen molar-refractivity contribution in [3.05, 3.63) is 58.8 Å². The minimum absolute atomic E-state index is 0.0665. The molecule has 19 heavy (non-hydrogen) atoms. The van der Waals surface area contributed by atoms with Crippen LogP contribution in [-0.2, 0) is 10.2 Å². The Morgan fingerprint density at radius 3 is 2.58 bits per heavy atom. The molecular formula is C15H13BrN2O. The van der Waals surface area contributed by atoms with Crippen molar-refractivity contribution in [3.63, 3.8) is 0 Å². The lowest BCUT2D eigenvalue weighted by Crippen LogP contribution is -2.27. The number of benzene rings is 1. The molecule has 1 N–H and O–H groups in total. The van der Waals surface area contributed by atoms with Crippen molar-refractivity contribution in [1.29, 1.82) is 0 Å². The Kier molecular flexibility index (Phi) is 3.11. The first-order chi connectivity index (χ1) is 9.21. The highest BCUT2D eigenvalue weighted by Crippen LogP contribution is 2.49. The summed E-state index contributed by atoms with van der Waals surface area (Å²) in [6.07, 6.45) is 5.16. The maximum Gasteiger partial charge on any atom is 0.235 e. The van der Waals surface area contributed by atoms with E-state index in [1.54, 1.807) is 24.5 Å². The maximum absolute atomic E-state index is 12.5. The molecule has 4 heteroatoms. The number of pyridine rings is 1. The fourth-order valence-corrected chi connectivity index (χ4v) is 2.64. The monoisotopic (exact) mass is 316 g/mol. The van der Waals surface area contributed by atoms with Gasteiger partial charge in [-0.05, 0) is 42.7 Å². The van der Waals surface area contributed by atoms with Crippen LogP contribution in [-0.4, -0.2) is 10.9 Å². The molecule has 0 atom stereocenters. The zero-order valence-electron chi connectivity index (χ0n) is 10.3. The number of amides is 1. The van der Waals surface area contributed by atoms with Gasteiger partial charge < -0.3 is 5.32 Å². The number of nitrogens with zero attached hydrogens (tertiary/aromatic N) is 1. The van der Waals surface area contributed by atoms with Gasteiger partial charge in [-0.1, -0.05) is 28.1 Å². The van der Waals surface area contributed by atoms with E-state index in [0.717, 1.165) is 28.6 Å². The molecule has 1 heterocycles. The normalized spacial score (nSPS) is 15.8. The van der Waals surface area contributed by atoms with Crippen LogP contribution >= 0.6 is 15.9 Å². The Hall–Kier alpha value is -1.68. The van der Waals surface area contributed by atoms with Gasteiger partial charge in [-0.25, -0.2) is 0 Å². The predicted octanol–water partition coefficient (Wildman–Crippen LogP) is 3.51. The molecule has 1 aromatic carbocycles. The van der Waals surface area contributed by atoms with Gasteiger partial charge in [-0.2, -0.15) is 0 Å². The van der Waals surface area contributed by atoms with Crippen LogP contribution in [0.2, 0.25) is 0 Å². The van der Waals surface area contributed by atoms with E-state index in [9.17, 15) is 4.79 Å². The van der Waals surface area contributed by atoms with Gasteiger partial charge in [-0.3, -0.25) is 9.78 Å². The Morgan fingerprint density at radius 2 is 1.95 bits per heavy atom. The second-order valence-electron chi connectivity index (χ2n) is 4.78. The van der Waals surface area contributed by atoms with Gasteiger partial charge in [0.25, 0.3) is 0 Å². The Labute approximate surface area is 120 Å². The standard InChI is InChI=1S/C15H13BrN2O/c16-12-3-1-2-11(10-12)15(6-7-15)14(19)18-13-4-8-17-9-5-13/h1-5,8-10H,6-7H2,(H,17,18,19). The molecule has 0 unspecified atom stereocenters. The van der Waals surface area contributed by atoms with E-state index in [-0.39, 0.29) is 11.3 Å². The number of nitrogens with one attached hydrogen (secondary N) is 1. The maximum atomic E-state index is 12.5. The number of hydrogen-bond donors (Lipinski definition) is 1. The van der Waals surface area contributed by atoms with E-state index in [2.05, 4.69) is 26.2 Å². The van der Waals surface area contributed by atoms with Gasteiger partial charge in [-0.15, -0.1) is 0 Å². The van der Waals surface area contributed by atoms with Crippen LogP contribution in [0.15, 0.2) is 53.3 Å². The lowest BCUT2D eigenvalue weighted by molar-refractivity contribution is -0.118. The Morgan fingerprint density at radius 1 is 1.21 bits per heavy atom. The van der Waals surface area contributed by atoms with Crippen molar-refractivity contribution >= 4 is 27.5 Å². The zero-order valence-corrected chi connectivity index (χ0v) is 11.9. The molecular weight excluding hydrogens is 304 g/mol. The highest BCUT2D eigenvalue weighted by molar-refractivity contribution is 9.10. The number of carbonyl (C=O) groups is 1. The van der Waals surface area contributed by atoms with Crippen LogP contribution in [0.3, 0.4) is 0 Å². The van der Waals surface area contributed by atoms with Crippen LogP contribution in [0.5, 0.6) is 0 Å². The molecule has 1 aliphatic rings. The number of hydrogen-bond acceptors (Lipinski definition) is 2. The van der Waals surface area contributed by atoms with Crippen LogP contribution in [0.1, 0.15) is 18.4 Å². The van der Waals surface area contributed by atoms with Crippen molar-refractivity contribution in [1.82, 2.24) is 4.98 Å². The number of anilines is 1. The lowest BCUT2D eigenvalue weighted by Gasteiger charge is -2.16. The summed E-state index contributed by atoms with van der Waals surface area (Å²) < 4.78 is 1.01. The summed E-state index contributed by atoms with van der Waals surface area (Å²) in [4.78, 5) is 16.4.